The maximum Gasteiger partial charge on any atom is 0.303 e. The van der Waals surface area contributed by atoms with E-state index >= 15 is 0 Å². The Hall–Kier alpha value is -0.140. The molecule has 0 aliphatic carbocycles. The van der Waals surface area contributed by atoms with E-state index < -0.39 is 5.97 Å². The van der Waals surface area contributed by atoms with Gasteiger partial charge in [-0.2, -0.15) is 0 Å². The second-order valence-electron chi connectivity index (χ2n) is 3.12. The molecule has 0 aliphatic rings. The Morgan fingerprint density at radius 3 is 2.50 bits per heavy atom. The van der Waals surface area contributed by atoms with Crippen molar-refractivity contribution in [3.05, 3.63) is 0 Å². The minimum atomic E-state index is -0.745. The van der Waals surface area contributed by atoms with Gasteiger partial charge in [-0.15, -0.1) is 0 Å². The number of hydrogen-bond donors (Lipinski definition) is 2. The number of carboxylic acid groups (broad SMARTS) is 1. The minimum absolute atomic E-state index is 0.159. The van der Waals surface area contributed by atoms with Gasteiger partial charge in [-0.3, -0.25) is 4.79 Å². The molecule has 1 atom stereocenters. The molecule has 0 saturated heterocycles. The van der Waals surface area contributed by atoms with Crippen LogP contribution in [0.5, 0.6) is 0 Å². The van der Waals surface area contributed by atoms with Crippen LogP contribution >= 0.6 is 9.39 Å². The van der Waals surface area contributed by atoms with Crippen LogP contribution in [0.1, 0.15) is 20.3 Å². The molecule has 10 heavy (non-hydrogen) atoms. The summed E-state index contributed by atoms with van der Waals surface area (Å²) in [5, 5.41) is 11.3. The van der Waals surface area contributed by atoms with Crippen molar-refractivity contribution in [3.63, 3.8) is 0 Å². The van der Waals surface area contributed by atoms with E-state index in [1.807, 2.05) is 13.8 Å². The van der Waals surface area contributed by atoms with Crippen molar-refractivity contribution < 1.29 is 9.90 Å². The van der Waals surface area contributed by atoms with Crippen LogP contribution in [0.2, 0.25) is 0 Å². The fourth-order valence-corrected chi connectivity index (χ4v) is 1.30. The lowest BCUT2D eigenvalue weighted by atomic mass is 9.90. The molecule has 0 fully saturated rings. The van der Waals surface area contributed by atoms with Crippen molar-refractivity contribution in [1.29, 1.82) is 0 Å². The first-order valence-electron chi connectivity index (χ1n) is 3.13. The Labute approximate surface area is 63.5 Å². The Kier molecular flexibility index (Phi) is 3.84. The van der Waals surface area contributed by atoms with Crippen LogP contribution in [0.3, 0.4) is 0 Å². The zero-order valence-electron chi connectivity index (χ0n) is 6.35. The van der Waals surface area contributed by atoms with Gasteiger partial charge in [-0.25, -0.2) is 0 Å². The van der Waals surface area contributed by atoms with Crippen LogP contribution in [0.15, 0.2) is 0 Å². The molecule has 0 aromatic carbocycles. The Morgan fingerprint density at radius 1 is 1.70 bits per heavy atom. The molecule has 0 aromatic rings. The third kappa shape index (κ3) is 4.71. The zero-order chi connectivity index (χ0) is 8.20. The zero-order valence-corrected chi connectivity index (χ0v) is 7.50. The Bertz CT molecular complexity index is 125. The van der Waals surface area contributed by atoms with E-state index in [0.717, 1.165) is 0 Å². The fraction of sp³-hybridized carbons (Fsp3) is 0.833. The molecule has 2 N–H and O–H groups in total. The van der Waals surface area contributed by atoms with Gasteiger partial charge in [0, 0.05) is 6.54 Å². The summed E-state index contributed by atoms with van der Waals surface area (Å²) in [4.78, 5) is 10.3. The summed E-state index contributed by atoms with van der Waals surface area (Å²) in [6.07, 6.45) is 0.203. The molecule has 3 nitrogen and oxygen atoms in total. The van der Waals surface area contributed by atoms with Crippen molar-refractivity contribution in [3.8, 4) is 0 Å². The van der Waals surface area contributed by atoms with Crippen molar-refractivity contribution in [2.24, 2.45) is 5.41 Å². The van der Waals surface area contributed by atoms with Gasteiger partial charge < -0.3 is 10.2 Å². The quantitative estimate of drug-likeness (QED) is 0.604. The molecule has 0 amide bonds. The third-order valence-electron chi connectivity index (χ3n) is 1.21. The van der Waals surface area contributed by atoms with E-state index in [1.165, 1.54) is 0 Å². The summed E-state index contributed by atoms with van der Waals surface area (Å²) in [5.74, 6) is -0.745. The van der Waals surface area contributed by atoms with Crippen LogP contribution in [0, 0.1) is 5.41 Å². The second-order valence-corrected chi connectivity index (χ2v) is 3.52. The largest absolute Gasteiger partial charge is 0.481 e. The summed E-state index contributed by atoms with van der Waals surface area (Å²) < 4.78 is 0. The highest BCUT2D eigenvalue weighted by molar-refractivity contribution is 7.13. The molecule has 0 saturated carbocycles. The maximum absolute atomic E-state index is 10.3. The lowest BCUT2D eigenvalue weighted by molar-refractivity contribution is -0.139. The van der Waals surface area contributed by atoms with Gasteiger partial charge in [0.25, 0.3) is 0 Å². The summed E-state index contributed by atoms with van der Waals surface area (Å²) >= 11 is 0. The van der Waals surface area contributed by atoms with E-state index in [2.05, 4.69) is 14.5 Å². The number of carboxylic acids is 1. The Morgan fingerprint density at radius 2 is 2.20 bits per heavy atom. The average Bonchev–Trinajstić information content (AvgIpc) is 1.59. The molecule has 0 spiro atoms. The SMILES string of the molecule is CC(C)(CNP)CC(=O)O. The van der Waals surface area contributed by atoms with Crippen molar-refractivity contribution in [2.75, 3.05) is 6.54 Å². The molecule has 0 heterocycles. The van der Waals surface area contributed by atoms with Gasteiger partial charge in [0.05, 0.1) is 6.42 Å². The van der Waals surface area contributed by atoms with Gasteiger partial charge in [-0.1, -0.05) is 23.2 Å². The van der Waals surface area contributed by atoms with Gasteiger partial charge in [-0.05, 0) is 5.41 Å². The number of aliphatic carboxylic acids is 1. The first-order valence-corrected chi connectivity index (χ1v) is 3.71. The summed E-state index contributed by atoms with van der Waals surface area (Å²) in [6.45, 7) is 4.53. The van der Waals surface area contributed by atoms with E-state index in [9.17, 15) is 4.79 Å². The van der Waals surface area contributed by atoms with Gasteiger partial charge >= 0.3 is 5.97 Å². The molecule has 0 aliphatic heterocycles. The van der Waals surface area contributed by atoms with Crippen molar-refractivity contribution in [1.82, 2.24) is 5.09 Å². The highest BCUT2D eigenvalue weighted by atomic mass is 31.0. The summed E-state index contributed by atoms with van der Waals surface area (Å²) in [6, 6.07) is 0. The lowest BCUT2D eigenvalue weighted by Gasteiger charge is -2.20. The normalized spacial score (nSPS) is 11.5. The first-order chi connectivity index (χ1) is 4.48. The monoisotopic (exact) mass is 163 g/mol. The number of rotatable bonds is 4. The van der Waals surface area contributed by atoms with Crippen molar-refractivity contribution in [2.45, 2.75) is 20.3 Å². The molecular weight excluding hydrogens is 149 g/mol. The molecule has 0 radical (unpaired) electrons. The lowest BCUT2D eigenvalue weighted by Crippen LogP contribution is -2.26. The predicted octanol–water partition coefficient (Wildman–Crippen LogP) is 0.867. The molecular formula is C6H14NO2P. The third-order valence-corrected chi connectivity index (χ3v) is 1.41. The summed E-state index contributed by atoms with van der Waals surface area (Å²) in [7, 11) is 2.36. The number of hydrogen-bond acceptors (Lipinski definition) is 2. The molecule has 0 bridgehead atoms. The number of nitrogens with one attached hydrogen (secondary N) is 1. The van der Waals surface area contributed by atoms with E-state index in [1.54, 1.807) is 0 Å². The highest BCUT2D eigenvalue weighted by Gasteiger charge is 2.20. The van der Waals surface area contributed by atoms with Crippen LogP contribution in [0.4, 0.5) is 0 Å². The maximum atomic E-state index is 10.3. The molecule has 1 unspecified atom stereocenters. The molecule has 4 heteroatoms. The predicted molar refractivity (Wildman–Crippen MR) is 43.7 cm³/mol. The average molecular weight is 163 g/mol. The van der Waals surface area contributed by atoms with E-state index in [-0.39, 0.29) is 11.8 Å². The van der Waals surface area contributed by atoms with Crippen LogP contribution in [-0.4, -0.2) is 17.6 Å². The van der Waals surface area contributed by atoms with E-state index in [0.29, 0.717) is 6.54 Å². The highest BCUT2D eigenvalue weighted by Crippen LogP contribution is 2.18. The van der Waals surface area contributed by atoms with Gasteiger partial charge in [0.15, 0.2) is 0 Å². The first kappa shape index (κ1) is 9.86. The van der Waals surface area contributed by atoms with Crippen LogP contribution < -0.4 is 5.09 Å². The molecule has 60 valence electrons. The molecule has 0 aromatic heterocycles. The second kappa shape index (κ2) is 3.89. The van der Waals surface area contributed by atoms with E-state index in [4.69, 9.17) is 5.11 Å². The smallest absolute Gasteiger partial charge is 0.303 e. The standard InChI is InChI=1S/C6H14NO2P/c1-6(2,4-7-10)3-5(8)9/h7H,3-4,10H2,1-2H3,(H,8,9). The summed E-state index contributed by atoms with van der Waals surface area (Å²) in [5.41, 5.74) is -0.159. The number of carbonyl (C=O) groups is 1. The van der Waals surface area contributed by atoms with Crippen LogP contribution in [-0.2, 0) is 4.79 Å². The minimum Gasteiger partial charge on any atom is -0.481 e. The van der Waals surface area contributed by atoms with Crippen LogP contribution in [0.25, 0.3) is 0 Å². The Balaban J connectivity index is 3.74. The fourth-order valence-electron chi connectivity index (χ4n) is 0.748. The van der Waals surface area contributed by atoms with Gasteiger partial charge in [0.1, 0.15) is 0 Å². The molecule has 0 rings (SSSR count). The topological polar surface area (TPSA) is 49.3 Å². The van der Waals surface area contributed by atoms with Gasteiger partial charge in [0.2, 0.25) is 0 Å². The van der Waals surface area contributed by atoms with Crippen molar-refractivity contribution >= 4 is 15.4 Å².